The molecule has 0 N–H and O–H groups in total. The van der Waals surface area contributed by atoms with Gasteiger partial charge in [-0.2, -0.15) is 5.10 Å². The zero-order chi connectivity index (χ0) is 18.9. The molecule has 27 heavy (non-hydrogen) atoms. The minimum atomic E-state index is -0.393. The van der Waals surface area contributed by atoms with E-state index in [9.17, 15) is 9.59 Å². The van der Waals surface area contributed by atoms with Crippen LogP contribution in [0.25, 0.3) is 0 Å². The van der Waals surface area contributed by atoms with Gasteiger partial charge in [-0.3, -0.25) is 14.3 Å². The Balaban J connectivity index is 1.39. The van der Waals surface area contributed by atoms with Crippen LogP contribution in [-0.4, -0.2) is 58.3 Å². The molecular weight excluding hydrogens is 368 g/mol. The maximum atomic E-state index is 12.5. The van der Waals surface area contributed by atoms with E-state index in [1.54, 1.807) is 15.8 Å². The fraction of sp³-hybridized carbons (Fsp3) is 0.421. The molecule has 7 nitrogen and oxygen atoms in total. The lowest BCUT2D eigenvalue weighted by Gasteiger charge is -2.47. The maximum absolute atomic E-state index is 12.5. The minimum Gasteiger partial charge on any atom is -0.363 e. The number of carbonyl (C=O) groups excluding carboxylic acids is 2. The third-order valence-corrected chi connectivity index (χ3v) is 5.44. The summed E-state index contributed by atoms with van der Waals surface area (Å²) in [5.41, 5.74) is 0.495. The number of benzene rings is 1. The van der Waals surface area contributed by atoms with Crippen molar-refractivity contribution >= 4 is 29.1 Å². The highest BCUT2D eigenvalue weighted by atomic mass is 35.5. The number of likely N-dealkylation sites (tertiary alicyclic amines) is 1. The van der Waals surface area contributed by atoms with Crippen molar-refractivity contribution in [1.82, 2.24) is 14.7 Å². The van der Waals surface area contributed by atoms with Gasteiger partial charge in [-0.1, -0.05) is 29.8 Å². The van der Waals surface area contributed by atoms with Crippen LogP contribution in [0.1, 0.15) is 12.8 Å². The number of anilines is 1. The van der Waals surface area contributed by atoms with E-state index in [-0.39, 0.29) is 25.0 Å². The summed E-state index contributed by atoms with van der Waals surface area (Å²) in [6, 6.07) is 9.65. The van der Waals surface area contributed by atoms with Gasteiger partial charge < -0.3 is 14.5 Å². The second-order valence-electron chi connectivity index (χ2n) is 7.02. The minimum absolute atomic E-state index is 0.0106. The quantitative estimate of drug-likeness (QED) is 0.806. The van der Waals surface area contributed by atoms with Crippen LogP contribution in [0.2, 0.25) is 5.02 Å². The standard InChI is InChI=1S/C19H21ClN4O3/c20-15-10-21-23(11-15)12-17(25)22-8-6-19(7-9-22)14-24(18(26)13-27-19)16-4-2-1-3-5-16/h1-5,10-11H,6-9,12-14H2. The second-order valence-corrected chi connectivity index (χ2v) is 7.46. The molecule has 0 unspecified atom stereocenters. The molecule has 0 radical (unpaired) electrons. The first kappa shape index (κ1) is 18.0. The van der Waals surface area contributed by atoms with Gasteiger partial charge in [0.1, 0.15) is 13.2 Å². The van der Waals surface area contributed by atoms with Gasteiger partial charge in [-0.05, 0) is 25.0 Å². The van der Waals surface area contributed by atoms with Crippen molar-refractivity contribution in [3.63, 3.8) is 0 Å². The molecule has 0 aliphatic carbocycles. The number of morpholine rings is 1. The topological polar surface area (TPSA) is 67.7 Å². The van der Waals surface area contributed by atoms with Crippen molar-refractivity contribution in [2.75, 3.05) is 31.1 Å². The molecule has 1 aromatic heterocycles. The van der Waals surface area contributed by atoms with Crippen LogP contribution in [0.4, 0.5) is 5.69 Å². The Morgan fingerprint density at radius 3 is 2.63 bits per heavy atom. The Morgan fingerprint density at radius 1 is 1.22 bits per heavy atom. The summed E-state index contributed by atoms with van der Waals surface area (Å²) < 4.78 is 7.50. The van der Waals surface area contributed by atoms with Crippen LogP contribution in [-0.2, 0) is 20.9 Å². The summed E-state index contributed by atoms with van der Waals surface area (Å²) >= 11 is 5.85. The summed E-state index contributed by atoms with van der Waals surface area (Å²) in [7, 11) is 0. The highest BCUT2D eigenvalue weighted by molar-refractivity contribution is 6.30. The molecular formula is C19H21ClN4O3. The lowest BCUT2D eigenvalue weighted by atomic mass is 9.89. The number of nitrogens with zero attached hydrogens (tertiary/aromatic N) is 4. The van der Waals surface area contributed by atoms with E-state index < -0.39 is 5.60 Å². The average molecular weight is 389 g/mol. The first-order valence-electron chi connectivity index (χ1n) is 9.00. The number of hydrogen-bond donors (Lipinski definition) is 0. The van der Waals surface area contributed by atoms with Crippen LogP contribution in [0, 0.1) is 0 Å². The first-order valence-corrected chi connectivity index (χ1v) is 9.38. The maximum Gasteiger partial charge on any atom is 0.253 e. The second kappa shape index (κ2) is 7.32. The third-order valence-electron chi connectivity index (χ3n) is 5.24. The SMILES string of the molecule is O=C(Cn1cc(Cl)cn1)N1CCC2(CC1)CN(c1ccccc1)C(=O)CO2. The number of carbonyl (C=O) groups is 2. The number of aromatic nitrogens is 2. The molecule has 0 atom stereocenters. The lowest BCUT2D eigenvalue weighted by molar-refractivity contribution is -0.150. The predicted octanol–water partition coefficient (Wildman–Crippen LogP) is 1.96. The molecule has 1 spiro atoms. The van der Waals surface area contributed by atoms with Crippen molar-refractivity contribution < 1.29 is 14.3 Å². The average Bonchev–Trinajstić information content (AvgIpc) is 3.10. The number of ether oxygens (including phenoxy) is 1. The normalized spacial score (nSPS) is 19.5. The largest absolute Gasteiger partial charge is 0.363 e. The highest BCUT2D eigenvalue weighted by Crippen LogP contribution is 2.32. The van der Waals surface area contributed by atoms with Gasteiger partial charge in [-0.25, -0.2) is 0 Å². The fourth-order valence-electron chi connectivity index (χ4n) is 3.69. The molecule has 0 saturated carbocycles. The van der Waals surface area contributed by atoms with Crippen LogP contribution in [0.3, 0.4) is 0 Å². The molecule has 2 aromatic rings. The van der Waals surface area contributed by atoms with E-state index in [1.165, 1.54) is 6.20 Å². The summed E-state index contributed by atoms with van der Waals surface area (Å²) in [6.07, 6.45) is 4.56. The lowest BCUT2D eigenvalue weighted by Crippen LogP contribution is -2.59. The summed E-state index contributed by atoms with van der Waals surface area (Å²) in [5.74, 6) is -0.0164. The molecule has 2 amide bonds. The summed E-state index contributed by atoms with van der Waals surface area (Å²) in [5, 5.41) is 4.57. The molecule has 1 aromatic carbocycles. The number of hydrogen-bond acceptors (Lipinski definition) is 4. The molecule has 4 rings (SSSR count). The Morgan fingerprint density at radius 2 is 1.96 bits per heavy atom. The predicted molar refractivity (Wildman–Crippen MR) is 101 cm³/mol. The number of rotatable bonds is 3. The zero-order valence-corrected chi connectivity index (χ0v) is 15.6. The zero-order valence-electron chi connectivity index (χ0n) is 14.9. The smallest absolute Gasteiger partial charge is 0.253 e. The number of piperidine rings is 1. The molecule has 2 aliphatic heterocycles. The third kappa shape index (κ3) is 3.84. The highest BCUT2D eigenvalue weighted by Gasteiger charge is 2.43. The van der Waals surface area contributed by atoms with E-state index in [0.29, 0.717) is 37.5 Å². The molecule has 2 fully saturated rings. The van der Waals surface area contributed by atoms with E-state index >= 15 is 0 Å². The molecule has 142 valence electrons. The molecule has 2 aliphatic rings. The first-order chi connectivity index (χ1) is 13.0. The van der Waals surface area contributed by atoms with Gasteiger partial charge in [-0.15, -0.1) is 0 Å². The molecule has 2 saturated heterocycles. The molecule has 0 bridgehead atoms. The monoisotopic (exact) mass is 388 g/mol. The van der Waals surface area contributed by atoms with E-state index in [4.69, 9.17) is 16.3 Å². The van der Waals surface area contributed by atoms with Crippen LogP contribution in [0.5, 0.6) is 0 Å². The number of para-hydroxylation sites is 1. The van der Waals surface area contributed by atoms with Crippen LogP contribution < -0.4 is 4.90 Å². The van der Waals surface area contributed by atoms with Crippen molar-refractivity contribution in [2.24, 2.45) is 0 Å². The Labute approximate surface area is 162 Å². The van der Waals surface area contributed by atoms with Crippen LogP contribution >= 0.6 is 11.6 Å². The van der Waals surface area contributed by atoms with E-state index in [1.807, 2.05) is 35.2 Å². The van der Waals surface area contributed by atoms with Gasteiger partial charge in [0.2, 0.25) is 5.91 Å². The van der Waals surface area contributed by atoms with Gasteiger partial charge >= 0.3 is 0 Å². The summed E-state index contributed by atoms with van der Waals surface area (Å²) in [4.78, 5) is 28.4. The van der Waals surface area contributed by atoms with Gasteiger partial charge in [0.25, 0.3) is 5.91 Å². The number of amides is 2. The molecule has 3 heterocycles. The van der Waals surface area contributed by atoms with Crippen molar-refractivity contribution in [2.45, 2.75) is 25.0 Å². The Kier molecular flexibility index (Phi) is 4.88. The van der Waals surface area contributed by atoms with E-state index in [0.717, 1.165) is 5.69 Å². The van der Waals surface area contributed by atoms with Crippen molar-refractivity contribution in [3.05, 3.63) is 47.7 Å². The Hall–Kier alpha value is -2.38. The fourth-order valence-corrected chi connectivity index (χ4v) is 3.84. The van der Waals surface area contributed by atoms with Crippen molar-refractivity contribution in [3.8, 4) is 0 Å². The number of halogens is 1. The Bertz CT molecular complexity index is 830. The molecule has 8 heteroatoms. The van der Waals surface area contributed by atoms with Gasteiger partial charge in [0.05, 0.1) is 23.4 Å². The van der Waals surface area contributed by atoms with Crippen LogP contribution in [0.15, 0.2) is 42.7 Å². The van der Waals surface area contributed by atoms with Gasteiger partial charge in [0.15, 0.2) is 0 Å². The van der Waals surface area contributed by atoms with Crippen molar-refractivity contribution in [1.29, 1.82) is 0 Å². The van der Waals surface area contributed by atoms with E-state index in [2.05, 4.69) is 5.10 Å². The summed E-state index contributed by atoms with van der Waals surface area (Å²) in [6.45, 7) is 1.98. The van der Waals surface area contributed by atoms with Gasteiger partial charge in [0, 0.05) is 25.0 Å².